The van der Waals surface area contributed by atoms with Crippen molar-refractivity contribution in [3.05, 3.63) is 42.5 Å². The summed E-state index contributed by atoms with van der Waals surface area (Å²) in [7, 11) is 0.0396. The van der Waals surface area contributed by atoms with Crippen molar-refractivity contribution >= 4 is 27.1 Å². The van der Waals surface area contributed by atoms with Gasteiger partial charge in [-0.3, -0.25) is 0 Å². The Morgan fingerprint density at radius 2 is 1.37 bits per heavy atom. The summed E-state index contributed by atoms with van der Waals surface area (Å²) in [5, 5.41) is 3.59. The minimum absolute atomic E-state index is 0.0574. The molecular weight excluding hydrogens is 500 g/mol. The van der Waals surface area contributed by atoms with E-state index in [2.05, 4.69) is 50.2 Å². The average Bonchev–Trinajstić information content (AvgIpc) is 2.92. The Labute approximate surface area is 228 Å². The summed E-state index contributed by atoms with van der Waals surface area (Å²) in [4.78, 5) is 4.82. The van der Waals surface area contributed by atoms with Crippen molar-refractivity contribution in [1.29, 1.82) is 0 Å². The Morgan fingerprint density at radius 3 is 1.92 bits per heavy atom. The molecule has 0 spiro atoms. The first-order valence-corrected chi connectivity index (χ1v) is 15.2. The number of piperazine rings is 1. The predicted octanol–water partition coefficient (Wildman–Crippen LogP) is 4.72. The van der Waals surface area contributed by atoms with Crippen molar-refractivity contribution in [2.24, 2.45) is 5.92 Å². The summed E-state index contributed by atoms with van der Waals surface area (Å²) < 4.78 is 37.9. The number of methoxy groups -OCH3 is 2. The van der Waals surface area contributed by atoms with E-state index < -0.39 is 14.8 Å². The molecule has 4 rings (SSSR count). The lowest BCUT2D eigenvalue weighted by Crippen LogP contribution is -2.46. The van der Waals surface area contributed by atoms with Crippen LogP contribution in [0.3, 0.4) is 0 Å². The van der Waals surface area contributed by atoms with Crippen LogP contribution in [0.4, 0.5) is 17.1 Å². The fraction of sp³-hybridized carbons (Fsp3) is 0.586. The van der Waals surface area contributed by atoms with E-state index >= 15 is 0 Å². The van der Waals surface area contributed by atoms with Gasteiger partial charge in [-0.25, -0.2) is 13.1 Å². The second-order valence-electron chi connectivity index (χ2n) is 11.4. The highest BCUT2D eigenvalue weighted by Crippen LogP contribution is 2.32. The summed E-state index contributed by atoms with van der Waals surface area (Å²) >= 11 is 0. The minimum Gasteiger partial charge on any atom is -0.493 e. The topological polar surface area (TPSA) is 83.1 Å². The van der Waals surface area contributed by atoms with Crippen LogP contribution < -0.4 is 29.3 Å². The Morgan fingerprint density at radius 1 is 0.816 bits per heavy atom. The Kier molecular flexibility index (Phi) is 8.98. The molecule has 9 heteroatoms. The van der Waals surface area contributed by atoms with Gasteiger partial charge in [0.25, 0.3) is 0 Å². The van der Waals surface area contributed by atoms with Crippen LogP contribution in [0.25, 0.3) is 0 Å². The van der Waals surface area contributed by atoms with Crippen molar-refractivity contribution in [1.82, 2.24) is 4.72 Å². The van der Waals surface area contributed by atoms with Crippen LogP contribution in [0.2, 0.25) is 0 Å². The molecule has 1 heterocycles. The van der Waals surface area contributed by atoms with Gasteiger partial charge in [-0.05, 0) is 88.8 Å². The molecule has 0 amide bonds. The quantitative estimate of drug-likeness (QED) is 0.473. The van der Waals surface area contributed by atoms with E-state index in [0.717, 1.165) is 81.3 Å². The molecule has 1 saturated heterocycles. The SMILES string of the molecule is COc1ccc(N2CCN(c3ccc(NC[C@H]4CC[C@H](NS(=O)(=O)C(C)(C)C)CC4)cc3)CC2)cc1OC. The number of hydrogen-bond acceptors (Lipinski definition) is 7. The predicted molar refractivity (Wildman–Crippen MR) is 156 cm³/mol. The molecule has 2 aromatic carbocycles. The Bertz CT molecular complexity index is 1150. The van der Waals surface area contributed by atoms with Crippen molar-refractivity contribution in [2.45, 2.75) is 57.2 Å². The number of anilines is 3. The second-order valence-corrected chi connectivity index (χ2v) is 13.9. The fourth-order valence-corrected chi connectivity index (χ4v) is 6.21. The molecule has 0 unspecified atom stereocenters. The van der Waals surface area contributed by atoms with Gasteiger partial charge in [-0.2, -0.15) is 0 Å². The largest absolute Gasteiger partial charge is 0.493 e. The maximum Gasteiger partial charge on any atom is 0.216 e. The standard InChI is InChI=1S/C29H44N4O4S/c1-29(2,3)38(34,35)31-24-8-6-22(7-9-24)21-30-23-10-12-25(13-11-23)32-16-18-33(19-17-32)26-14-15-27(36-4)28(20-26)37-5/h10-15,20,22,24,30-31H,6-9,16-19,21H2,1-5H3/t22-,24-. The Balaban J connectivity index is 1.21. The number of ether oxygens (including phenoxy) is 2. The van der Waals surface area contributed by atoms with E-state index in [0.29, 0.717) is 5.92 Å². The van der Waals surface area contributed by atoms with Crippen LogP contribution in [0.5, 0.6) is 11.5 Å². The van der Waals surface area contributed by atoms with Crippen molar-refractivity contribution in [2.75, 3.05) is 62.1 Å². The highest BCUT2D eigenvalue weighted by Gasteiger charge is 2.32. The summed E-state index contributed by atoms with van der Waals surface area (Å²) in [6.07, 6.45) is 3.87. The minimum atomic E-state index is -3.29. The van der Waals surface area contributed by atoms with E-state index in [1.807, 2.05) is 12.1 Å². The lowest BCUT2D eigenvalue weighted by Gasteiger charge is -2.37. The zero-order chi connectivity index (χ0) is 27.3. The molecule has 0 aromatic heterocycles. The Hall–Kier alpha value is -2.65. The maximum atomic E-state index is 12.4. The van der Waals surface area contributed by atoms with Gasteiger partial charge in [0.05, 0.1) is 19.0 Å². The molecule has 8 nitrogen and oxygen atoms in total. The van der Waals surface area contributed by atoms with E-state index in [4.69, 9.17) is 9.47 Å². The van der Waals surface area contributed by atoms with Crippen LogP contribution in [-0.2, 0) is 10.0 Å². The van der Waals surface area contributed by atoms with Gasteiger partial charge in [0.15, 0.2) is 11.5 Å². The van der Waals surface area contributed by atoms with E-state index in [9.17, 15) is 8.42 Å². The molecule has 0 bridgehead atoms. The number of nitrogens with zero attached hydrogens (tertiary/aromatic N) is 2. The van der Waals surface area contributed by atoms with Crippen LogP contribution in [0.15, 0.2) is 42.5 Å². The molecule has 210 valence electrons. The molecule has 0 atom stereocenters. The molecule has 1 aliphatic heterocycles. The van der Waals surface area contributed by atoms with E-state index in [1.54, 1.807) is 35.0 Å². The van der Waals surface area contributed by atoms with Crippen molar-refractivity contribution in [3.63, 3.8) is 0 Å². The monoisotopic (exact) mass is 544 g/mol. The van der Waals surface area contributed by atoms with Gasteiger partial charge in [0, 0.05) is 61.9 Å². The van der Waals surface area contributed by atoms with Crippen molar-refractivity contribution < 1.29 is 17.9 Å². The zero-order valence-electron chi connectivity index (χ0n) is 23.5. The number of benzene rings is 2. The summed E-state index contributed by atoms with van der Waals surface area (Å²) in [6, 6.07) is 14.9. The first-order valence-electron chi connectivity index (χ1n) is 13.7. The van der Waals surface area contributed by atoms with Gasteiger partial charge in [-0.1, -0.05) is 0 Å². The molecule has 1 saturated carbocycles. The molecule has 38 heavy (non-hydrogen) atoms. The lowest BCUT2D eigenvalue weighted by molar-refractivity contribution is 0.322. The van der Waals surface area contributed by atoms with Crippen LogP contribution >= 0.6 is 0 Å². The number of rotatable bonds is 9. The molecule has 2 fully saturated rings. The molecule has 2 aromatic rings. The summed E-state index contributed by atoms with van der Waals surface area (Å²) in [5.41, 5.74) is 3.53. The highest BCUT2D eigenvalue weighted by molar-refractivity contribution is 7.90. The van der Waals surface area contributed by atoms with Gasteiger partial charge < -0.3 is 24.6 Å². The van der Waals surface area contributed by atoms with Crippen LogP contribution in [-0.4, -0.2) is 66.2 Å². The molecule has 2 N–H and O–H groups in total. The second kappa shape index (κ2) is 12.0. The number of hydrogen-bond donors (Lipinski definition) is 2. The maximum absolute atomic E-state index is 12.4. The van der Waals surface area contributed by atoms with Gasteiger partial charge >= 0.3 is 0 Å². The van der Waals surface area contributed by atoms with Crippen molar-refractivity contribution in [3.8, 4) is 11.5 Å². The average molecular weight is 545 g/mol. The number of nitrogens with one attached hydrogen (secondary N) is 2. The highest BCUT2D eigenvalue weighted by atomic mass is 32.2. The third kappa shape index (κ3) is 6.86. The normalized spacial score (nSPS) is 20.8. The zero-order valence-corrected chi connectivity index (χ0v) is 24.3. The fourth-order valence-electron chi connectivity index (χ4n) is 5.18. The lowest BCUT2D eigenvalue weighted by atomic mass is 9.86. The summed E-state index contributed by atoms with van der Waals surface area (Å²) in [5.74, 6) is 2.07. The molecule has 1 aliphatic carbocycles. The molecule has 0 radical (unpaired) electrons. The third-order valence-corrected chi connectivity index (χ3v) is 10.1. The first kappa shape index (κ1) is 28.4. The first-order chi connectivity index (χ1) is 18.1. The van der Waals surface area contributed by atoms with Gasteiger partial charge in [0.2, 0.25) is 10.0 Å². The summed E-state index contributed by atoms with van der Waals surface area (Å²) in [6.45, 7) is 9.98. The van der Waals surface area contributed by atoms with E-state index in [-0.39, 0.29) is 6.04 Å². The van der Waals surface area contributed by atoms with Gasteiger partial charge in [0.1, 0.15) is 0 Å². The van der Waals surface area contributed by atoms with Gasteiger partial charge in [-0.15, -0.1) is 0 Å². The molecule has 2 aliphatic rings. The van der Waals surface area contributed by atoms with Crippen LogP contribution in [0.1, 0.15) is 46.5 Å². The smallest absolute Gasteiger partial charge is 0.216 e. The number of sulfonamides is 1. The third-order valence-electron chi connectivity index (χ3n) is 7.81. The van der Waals surface area contributed by atoms with Crippen LogP contribution in [0, 0.1) is 5.92 Å². The van der Waals surface area contributed by atoms with E-state index in [1.165, 1.54) is 5.69 Å². The molecular formula is C29H44N4O4S.